The first-order valence-electron chi connectivity index (χ1n) is 5.85. The molecule has 0 atom stereocenters. The van der Waals surface area contributed by atoms with E-state index in [9.17, 15) is 4.79 Å². The van der Waals surface area contributed by atoms with Crippen molar-refractivity contribution in [3.8, 4) is 17.0 Å². The molecule has 1 aromatic carbocycles. The molecule has 0 fully saturated rings. The highest BCUT2D eigenvalue weighted by molar-refractivity contribution is 9.10. The number of hydrogen-bond acceptors (Lipinski definition) is 2. The van der Waals surface area contributed by atoms with E-state index < -0.39 is 5.97 Å². The number of nitrogens with zero attached hydrogens (tertiary/aromatic N) is 1. The molecule has 2 aromatic rings. The Hall–Kier alpha value is -1.75. The predicted octanol–water partition coefficient (Wildman–Crippen LogP) is 3.64. The van der Waals surface area contributed by atoms with Crippen LogP contribution in [0.25, 0.3) is 11.3 Å². The molecule has 0 spiro atoms. The van der Waals surface area contributed by atoms with Gasteiger partial charge in [-0.25, -0.2) is 4.79 Å². The molecular formula is C14H14BrNO3. The van der Waals surface area contributed by atoms with E-state index in [2.05, 4.69) is 15.9 Å². The van der Waals surface area contributed by atoms with Crippen molar-refractivity contribution in [1.29, 1.82) is 0 Å². The monoisotopic (exact) mass is 323 g/mol. The van der Waals surface area contributed by atoms with Gasteiger partial charge in [0.05, 0.1) is 7.11 Å². The van der Waals surface area contributed by atoms with Crippen LogP contribution in [-0.2, 0) is 6.54 Å². The van der Waals surface area contributed by atoms with Crippen molar-refractivity contribution >= 4 is 21.9 Å². The van der Waals surface area contributed by atoms with E-state index in [1.807, 2.05) is 31.2 Å². The number of carbonyl (C=O) groups is 1. The largest absolute Gasteiger partial charge is 0.497 e. The number of hydrogen-bond donors (Lipinski definition) is 1. The summed E-state index contributed by atoms with van der Waals surface area (Å²) < 4.78 is 7.88. The number of rotatable bonds is 4. The number of carboxylic acid groups (broad SMARTS) is 1. The number of ether oxygens (including phenoxy) is 1. The summed E-state index contributed by atoms with van der Waals surface area (Å²) >= 11 is 3.49. The van der Waals surface area contributed by atoms with Crippen molar-refractivity contribution in [1.82, 2.24) is 4.57 Å². The topological polar surface area (TPSA) is 51.5 Å². The van der Waals surface area contributed by atoms with E-state index in [0.29, 0.717) is 6.54 Å². The first-order valence-corrected chi connectivity index (χ1v) is 6.64. The van der Waals surface area contributed by atoms with Crippen LogP contribution in [-0.4, -0.2) is 22.8 Å². The van der Waals surface area contributed by atoms with Gasteiger partial charge in [0.15, 0.2) is 0 Å². The highest BCUT2D eigenvalue weighted by Crippen LogP contribution is 2.33. The van der Waals surface area contributed by atoms with Gasteiger partial charge in [-0.3, -0.25) is 0 Å². The van der Waals surface area contributed by atoms with Crippen LogP contribution < -0.4 is 4.74 Å². The van der Waals surface area contributed by atoms with Gasteiger partial charge >= 0.3 is 5.97 Å². The maximum atomic E-state index is 11.2. The van der Waals surface area contributed by atoms with Crippen LogP contribution in [0.2, 0.25) is 0 Å². The highest BCUT2D eigenvalue weighted by atomic mass is 79.9. The van der Waals surface area contributed by atoms with E-state index in [1.165, 1.54) is 0 Å². The molecule has 1 aromatic heterocycles. The van der Waals surface area contributed by atoms with Crippen LogP contribution in [0.3, 0.4) is 0 Å². The average molecular weight is 324 g/mol. The summed E-state index contributed by atoms with van der Waals surface area (Å²) in [5.74, 6) is -0.189. The molecule has 0 bridgehead atoms. The van der Waals surface area contributed by atoms with Crippen molar-refractivity contribution in [3.05, 3.63) is 40.5 Å². The maximum absolute atomic E-state index is 11.2. The maximum Gasteiger partial charge on any atom is 0.352 e. The smallest absolute Gasteiger partial charge is 0.352 e. The third-order valence-corrected chi connectivity index (χ3v) is 3.66. The number of benzene rings is 1. The van der Waals surface area contributed by atoms with Crippen molar-refractivity contribution in [2.24, 2.45) is 0 Å². The Kier molecular flexibility index (Phi) is 3.95. The Bertz CT molecular complexity index is 619. The van der Waals surface area contributed by atoms with Crippen LogP contribution in [0.15, 0.2) is 34.8 Å². The fourth-order valence-corrected chi connectivity index (χ4v) is 2.51. The summed E-state index contributed by atoms with van der Waals surface area (Å²) in [5.41, 5.74) is 2.05. The van der Waals surface area contributed by atoms with Crippen LogP contribution in [0.4, 0.5) is 0 Å². The SMILES string of the molecule is CCn1c(C(=O)O)ccc1-c1cc(OC)ccc1Br. The van der Waals surface area contributed by atoms with E-state index in [0.717, 1.165) is 21.5 Å². The summed E-state index contributed by atoms with van der Waals surface area (Å²) in [4.78, 5) is 11.2. The van der Waals surface area contributed by atoms with Gasteiger partial charge in [0.2, 0.25) is 0 Å². The molecule has 0 aliphatic rings. The molecular weight excluding hydrogens is 310 g/mol. The lowest BCUT2D eigenvalue weighted by Gasteiger charge is -2.11. The standard InChI is InChI=1S/C14H14BrNO3/c1-3-16-12(6-7-13(16)14(17)18)10-8-9(19-2)4-5-11(10)15/h4-8H,3H2,1-2H3,(H,17,18). The second-order valence-corrected chi connectivity index (χ2v) is 4.85. The minimum Gasteiger partial charge on any atom is -0.497 e. The van der Waals surface area contributed by atoms with E-state index in [-0.39, 0.29) is 5.69 Å². The lowest BCUT2D eigenvalue weighted by molar-refractivity contribution is 0.0685. The normalized spacial score (nSPS) is 10.5. The van der Waals surface area contributed by atoms with Gasteiger partial charge in [0, 0.05) is 22.3 Å². The molecule has 1 heterocycles. The second-order valence-electron chi connectivity index (χ2n) is 4.00. The third kappa shape index (κ3) is 2.51. The zero-order valence-electron chi connectivity index (χ0n) is 10.7. The van der Waals surface area contributed by atoms with E-state index in [1.54, 1.807) is 17.7 Å². The molecule has 0 radical (unpaired) electrons. The molecule has 0 unspecified atom stereocenters. The summed E-state index contributed by atoms with van der Waals surface area (Å²) in [6.07, 6.45) is 0. The molecule has 100 valence electrons. The predicted molar refractivity (Wildman–Crippen MR) is 76.8 cm³/mol. The van der Waals surface area contributed by atoms with Gasteiger partial charge in [0.25, 0.3) is 0 Å². The molecule has 19 heavy (non-hydrogen) atoms. The van der Waals surface area contributed by atoms with Crippen molar-refractivity contribution < 1.29 is 14.6 Å². The molecule has 5 heteroatoms. The fourth-order valence-electron chi connectivity index (χ4n) is 2.06. The molecule has 1 N–H and O–H groups in total. The Morgan fingerprint density at radius 2 is 2.11 bits per heavy atom. The summed E-state index contributed by atoms with van der Waals surface area (Å²) in [6.45, 7) is 2.51. The number of methoxy groups -OCH3 is 1. The number of aromatic carboxylic acids is 1. The molecule has 0 saturated heterocycles. The van der Waals surface area contributed by atoms with Crippen LogP contribution >= 0.6 is 15.9 Å². The summed E-state index contributed by atoms with van der Waals surface area (Å²) in [7, 11) is 1.61. The van der Waals surface area contributed by atoms with Gasteiger partial charge in [-0.05, 0) is 37.3 Å². The number of aromatic nitrogens is 1. The van der Waals surface area contributed by atoms with Gasteiger partial charge in [-0.2, -0.15) is 0 Å². The van der Waals surface area contributed by atoms with E-state index >= 15 is 0 Å². The molecule has 0 amide bonds. The Morgan fingerprint density at radius 1 is 1.37 bits per heavy atom. The third-order valence-electron chi connectivity index (χ3n) is 2.97. The first kappa shape index (κ1) is 13.7. The number of halogens is 1. The van der Waals surface area contributed by atoms with Gasteiger partial charge in [-0.1, -0.05) is 15.9 Å². The molecule has 0 aliphatic carbocycles. The Balaban J connectivity index is 2.61. The van der Waals surface area contributed by atoms with E-state index in [4.69, 9.17) is 9.84 Å². The summed E-state index contributed by atoms with van der Waals surface area (Å²) in [6, 6.07) is 9.06. The Morgan fingerprint density at radius 3 is 2.68 bits per heavy atom. The van der Waals surface area contributed by atoms with Crippen LogP contribution in [0.1, 0.15) is 17.4 Å². The minimum atomic E-state index is -0.924. The Labute approximate surface area is 119 Å². The van der Waals surface area contributed by atoms with Crippen LogP contribution in [0.5, 0.6) is 5.75 Å². The van der Waals surface area contributed by atoms with Crippen LogP contribution in [0, 0.1) is 0 Å². The highest BCUT2D eigenvalue weighted by Gasteiger charge is 2.16. The minimum absolute atomic E-state index is 0.284. The summed E-state index contributed by atoms with van der Waals surface area (Å²) in [5, 5.41) is 9.17. The lowest BCUT2D eigenvalue weighted by Crippen LogP contribution is -2.08. The molecule has 0 aliphatic heterocycles. The zero-order chi connectivity index (χ0) is 14.0. The van der Waals surface area contributed by atoms with Crippen molar-refractivity contribution in [2.45, 2.75) is 13.5 Å². The number of carboxylic acids is 1. The fraction of sp³-hybridized carbons (Fsp3) is 0.214. The van der Waals surface area contributed by atoms with Gasteiger partial charge in [-0.15, -0.1) is 0 Å². The quantitative estimate of drug-likeness (QED) is 0.934. The second kappa shape index (κ2) is 5.48. The van der Waals surface area contributed by atoms with Crippen molar-refractivity contribution in [2.75, 3.05) is 7.11 Å². The molecule has 4 nitrogen and oxygen atoms in total. The average Bonchev–Trinajstić information content (AvgIpc) is 2.83. The lowest BCUT2D eigenvalue weighted by atomic mass is 10.1. The zero-order valence-corrected chi connectivity index (χ0v) is 12.3. The molecule has 2 rings (SSSR count). The van der Waals surface area contributed by atoms with Gasteiger partial charge in [0.1, 0.15) is 11.4 Å². The molecule has 0 saturated carbocycles. The first-order chi connectivity index (χ1) is 9.08. The van der Waals surface area contributed by atoms with Gasteiger partial charge < -0.3 is 14.4 Å². The van der Waals surface area contributed by atoms with Crippen molar-refractivity contribution in [3.63, 3.8) is 0 Å².